The average molecular weight is 420 g/mol. The third-order valence-electron chi connectivity index (χ3n) is 5.10. The SMILES string of the molecule is COc1cccc(C2C(C(=O)CC(C)C)=C(O)C(=O)N2c2ccc(C#N)cc2)c1OC. The minimum absolute atomic E-state index is 0.0228. The molecular weight excluding hydrogens is 396 g/mol. The van der Waals surface area contributed by atoms with Gasteiger partial charge in [-0.25, -0.2) is 0 Å². The van der Waals surface area contributed by atoms with Gasteiger partial charge >= 0.3 is 0 Å². The molecule has 1 atom stereocenters. The van der Waals surface area contributed by atoms with Gasteiger partial charge in [-0.2, -0.15) is 5.26 Å². The van der Waals surface area contributed by atoms with E-state index in [1.807, 2.05) is 19.9 Å². The Labute approximate surface area is 181 Å². The lowest BCUT2D eigenvalue weighted by Crippen LogP contribution is -2.31. The normalized spacial score (nSPS) is 15.9. The number of methoxy groups -OCH3 is 2. The van der Waals surface area contributed by atoms with Gasteiger partial charge in [-0.3, -0.25) is 14.5 Å². The molecule has 1 N–H and O–H groups in total. The van der Waals surface area contributed by atoms with Crippen LogP contribution >= 0.6 is 0 Å². The number of ether oxygens (including phenoxy) is 2. The van der Waals surface area contributed by atoms with Crippen molar-refractivity contribution in [2.24, 2.45) is 5.92 Å². The van der Waals surface area contributed by atoms with Crippen LogP contribution in [0.2, 0.25) is 0 Å². The van der Waals surface area contributed by atoms with Crippen molar-refractivity contribution >= 4 is 17.4 Å². The molecule has 3 rings (SSSR count). The molecule has 1 aliphatic heterocycles. The number of anilines is 1. The van der Waals surface area contributed by atoms with Gasteiger partial charge in [0.25, 0.3) is 5.91 Å². The molecule has 0 radical (unpaired) electrons. The fourth-order valence-corrected chi connectivity index (χ4v) is 3.76. The van der Waals surface area contributed by atoms with E-state index in [1.165, 1.54) is 19.1 Å². The van der Waals surface area contributed by atoms with Crippen LogP contribution in [0.3, 0.4) is 0 Å². The second-order valence-corrected chi connectivity index (χ2v) is 7.60. The number of rotatable bonds is 7. The topological polar surface area (TPSA) is 99.9 Å². The zero-order valence-electron chi connectivity index (χ0n) is 17.9. The maximum absolute atomic E-state index is 13.1. The third kappa shape index (κ3) is 3.97. The maximum Gasteiger partial charge on any atom is 0.294 e. The molecule has 31 heavy (non-hydrogen) atoms. The first-order chi connectivity index (χ1) is 14.8. The molecule has 1 heterocycles. The van der Waals surface area contributed by atoms with Gasteiger partial charge in [-0.05, 0) is 36.2 Å². The number of Topliss-reactive ketones (excluding diaryl/α,β-unsaturated/α-hetero) is 1. The number of aliphatic hydroxyl groups excluding tert-OH is 1. The zero-order valence-corrected chi connectivity index (χ0v) is 17.9. The Balaban J connectivity index is 2.23. The molecule has 0 fully saturated rings. The second kappa shape index (κ2) is 8.92. The highest BCUT2D eigenvalue weighted by Gasteiger charge is 2.45. The summed E-state index contributed by atoms with van der Waals surface area (Å²) < 4.78 is 11.0. The number of carbonyl (C=O) groups excluding carboxylic acids is 2. The Morgan fingerprint density at radius 1 is 1.16 bits per heavy atom. The highest BCUT2D eigenvalue weighted by molar-refractivity contribution is 6.16. The van der Waals surface area contributed by atoms with Crippen LogP contribution < -0.4 is 14.4 Å². The Morgan fingerprint density at radius 3 is 2.39 bits per heavy atom. The van der Waals surface area contributed by atoms with E-state index in [0.717, 1.165) is 0 Å². The van der Waals surface area contributed by atoms with Gasteiger partial charge in [0.2, 0.25) is 0 Å². The van der Waals surface area contributed by atoms with Crippen molar-refractivity contribution in [2.45, 2.75) is 26.3 Å². The van der Waals surface area contributed by atoms with E-state index in [0.29, 0.717) is 28.3 Å². The standard InChI is InChI=1S/C24H24N2O5/c1-14(2)12-18(27)20-21(17-6-5-7-19(30-3)23(17)31-4)26(24(29)22(20)28)16-10-8-15(13-25)9-11-16/h5-11,14,21,28H,12H2,1-4H3. The summed E-state index contributed by atoms with van der Waals surface area (Å²) >= 11 is 0. The highest BCUT2D eigenvalue weighted by atomic mass is 16.5. The number of nitrogens with zero attached hydrogens (tertiary/aromatic N) is 2. The quantitative estimate of drug-likeness (QED) is 0.724. The molecule has 1 amide bonds. The Hall–Kier alpha value is -3.79. The smallest absolute Gasteiger partial charge is 0.294 e. The first-order valence-electron chi connectivity index (χ1n) is 9.84. The molecular formula is C24H24N2O5. The molecule has 0 aromatic heterocycles. The molecule has 160 valence electrons. The third-order valence-corrected chi connectivity index (χ3v) is 5.10. The maximum atomic E-state index is 13.1. The summed E-state index contributed by atoms with van der Waals surface area (Å²) in [6.07, 6.45) is 0.177. The van der Waals surface area contributed by atoms with E-state index >= 15 is 0 Å². The van der Waals surface area contributed by atoms with Crippen molar-refractivity contribution in [3.63, 3.8) is 0 Å². The number of carbonyl (C=O) groups is 2. The van der Waals surface area contributed by atoms with Crippen molar-refractivity contribution in [1.29, 1.82) is 5.26 Å². The van der Waals surface area contributed by atoms with Crippen LogP contribution in [0.15, 0.2) is 53.8 Å². The van der Waals surface area contributed by atoms with Crippen LogP contribution in [-0.4, -0.2) is 31.0 Å². The lowest BCUT2D eigenvalue weighted by Gasteiger charge is -2.28. The lowest BCUT2D eigenvalue weighted by atomic mass is 9.91. The molecule has 0 aliphatic carbocycles. The summed E-state index contributed by atoms with van der Waals surface area (Å²) in [7, 11) is 2.97. The summed E-state index contributed by atoms with van der Waals surface area (Å²) in [4.78, 5) is 27.6. The summed E-state index contributed by atoms with van der Waals surface area (Å²) in [5.74, 6) is -0.733. The van der Waals surface area contributed by atoms with E-state index < -0.39 is 17.7 Å². The summed E-state index contributed by atoms with van der Waals surface area (Å²) in [5, 5.41) is 19.8. The van der Waals surface area contributed by atoms with Gasteiger partial charge in [0.1, 0.15) is 0 Å². The minimum Gasteiger partial charge on any atom is -0.503 e. The summed E-state index contributed by atoms with van der Waals surface area (Å²) in [6.45, 7) is 3.79. The summed E-state index contributed by atoms with van der Waals surface area (Å²) in [5.41, 5.74) is 1.40. The molecule has 0 saturated carbocycles. The molecule has 2 aromatic carbocycles. The van der Waals surface area contributed by atoms with E-state index in [9.17, 15) is 14.7 Å². The van der Waals surface area contributed by atoms with E-state index in [1.54, 1.807) is 42.5 Å². The van der Waals surface area contributed by atoms with Crippen molar-refractivity contribution in [2.75, 3.05) is 19.1 Å². The number of para-hydroxylation sites is 1. The number of hydrogen-bond acceptors (Lipinski definition) is 6. The Kier molecular flexibility index (Phi) is 6.30. The minimum atomic E-state index is -0.906. The van der Waals surface area contributed by atoms with Crippen molar-refractivity contribution in [3.8, 4) is 17.6 Å². The van der Waals surface area contributed by atoms with Crippen LogP contribution in [0.1, 0.15) is 37.4 Å². The molecule has 1 unspecified atom stereocenters. The van der Waals surface area contributed by atoms with E-state index in [4.69, 9.17) is 14.7 Å². The van der Waals surface area contributed by atoms with Gasteiger partial charge in [-0.1, -0.05) is 26.0 Å². The Morgan fingerprint density at radius 2 is 1.84 bits per heavy atom. The number of aliphatic hydroxyl groups is 1. The number of nitriles is 1. The molecule has 7 heteroatoms. The first-order valence-corrected chi connectivity index (χ1v) is 9.84. The number of ketones is 1. The zero-order chi connectivity index (χ0) is 22.7. The monoisotopic (exact) mass is 420 g/mol. The van der Waals surface area contributed by atoms with Crippen LogP contribution in [0.25, 0.3) is 0 Å². The molecule has 0 bridgehead atoms. The molecule has 7 nitrogen and oxygen atoms in total. The molecule has 2 aromatic rings. The van der Waals surface area contributed by atoms with Crippen LogP contribution in [-0.2, 0) is 9.59 Å². The van der Waals surface area contributed by atoms with Crippen LogP contribution in [0.4, 0.5) is 5.69 Å². The van der Waals surface area contributed by atoms with E-state index in [2.05, 4.69) is 0 Å². The molecule has 0 saturated heterocycles. The molecule has 0 spiro atoms. The first kappa shape index (κ1) is 21.9. The van der Waals surface area contributed by atoms with Crippen molar-refractivity contribution in [1.82, 2.24) is 0 Å². The van der Waals surface area contributed by atoms with Gasteiger partial charge in [-0.15, -0.1) is 0 Å². The predicted octanol–water partition coefficient (Wildman–Crippen LogP) is 4.09. The summed E-state index contributed by atoms with van der Waals surface area (Å²) in [6, 6.07) is 12.7. The van der Waals surface area contributed by atoms with Gasteiger partial charge < -0.3 is 14.6 Å². The Bertz CT molecular complexity index is 1080. The van der Waals surface area contributed by atoms with Crippen LogP contribution in [0, 0.1) is 17.2 Å². The second-order valence-electron chi connectivity index (χ2n) is 7.60. The van der Waals surface area contributed by atoms with Gasteiger partial charge in [0.15, 0.2) is 23.0 Å². The molecule has 1 aliphatic rings. The largest absolute Gasteiger partial charge is 0.503 e. The highest BCUT2D eigenvalue weighted by Crippen LogP contribution is 2.46. The van der Waals surface area contributed by atoms with E-state index in [-0.39, 0.29) is 23.7 Å². The number of hydrogen-bond donors (Lipinski definition) is 1. The van der Waals surface area contributed by atoms with Gasteiger partial charge in [0.05, 0.1) is 37.5 Å². The predicted molar refractivity (Wildman–Crippen MR) is 115 cm³/mol. The van der Waals surface area contributed by atoms with Crippen molar-refractivity contribution in [3.05, 3.63) is 64.9 Å². The number of benzene rings is 2. The fourth-order valence-electron chi connectivity index (χ4n) is 3.76. The lowest BCUT2D eigenvalue weighted by molar-refractivity contribution is -0.118. The fraction of sp³-hybridized carbons (Fsp3) is 0.292. The average Bonchev–Trinajstić information content (AvgIpc) is 3.03. The number of amides is 1. The van der Waals surface area contributed by atoms with Crippen LogP contribution in [0.5, 0.6) is 11.5 Å². The van der Waals surface area contributed by atoms with Gasteiger partial charge in [0, 0.05) is 17.7 Å². The van der Waals surface area contributed by atoms with Crippen molar-refractivity contribution < 1.29 is 24.2 Å².